The molecule has 0 aromatic heterocycles. The van der Waals surface area contributed by atoms with E-state index < -0.39 is 59.5 Å². The van der Waals surface area contributed by atoms with Crippen molar-refractivity contribution in [3.05, 3.63) is 35.9 Å². The summed E-state index contributed by atoms with van der Waals surface area (Å²) in [4.78, 5) is 77.4. The SMILES string of the molecule is O=C([O-])CC(NC(=O)C[N+]1(CCCNC2=NCCN2)C(=O)CNC1=O)NC(=O)OC(=O)c1ccccc1. The van der Waals surface area contributed by atoms with E-state index in [-0.39, 0.29) is 18.7 Å². The number of hydrogen-bond donors (Lipinski definition) is 5. The number of carbonyl (C=O) groups excluding carboxylic acids is 6. The molecule has 3 rings (SSSR count). The summed E-state index contributed by atoms with van der Waals surface area (Å²) in [6.07, 6.45) is -3.38. The van der Waals surface area contributed by atoms with Crippen molar-refractivity contribution in [1.82, 2.24) is 26.6 Å². The second-order valence-corrected chi connectivity index (χ2v) is 8.22. The van der Waals surface area contributed by atoms with E-state index in [0.29, 0.717) is 32.0 Å². The van der Waals surface area contributed by atoms with Gasteiger partial charge in [-0.1, -0.05) is 18.2 Å². The van der Waals surface area contributed by atoms with Gasteiger partial charge in [0, 0.05) is 31.9 Å². The second kappa shape index (κ2) is 12.4. The fourth-order valence-electron chi connectivity index (χ4n) is 3.78. The summed E-state index contributed by atoms with van der Waals surface area (Å²) in [5, 5.41) is 23.9. The number of esters is 1. The third-order valence-corrected chi connectivity index (χ3v) is 5.55. The van der Waals surface area contributed by atoms with Crippen molar-refractivity contribution in [2.45, 2.75) is 19.0 Å². The monoisotopic (exact) mass is 517 g/mol. The maximum atomic E-state index is 12.8. The lowest BCUT2D eigenvalue weighted by atomic mass is 10.2. The molecule has 15 nitrogen and oxygen atoms in total. The Morgan fingerprint density at radius 2 is 1.86 bits per heavy atom. The van der Waals surface area contributed by atoms with Crippen LogP contribution >= 0.6 is 0 Å². The molecule has 0 radical (unpaired) electrons. The van der Waals surface area contributed by atoms with Crippen LogP contribution in [-0.2, 0) is 19.1 Å². The van der Waals surface area contributed by atoms with E-state index in [4.69, 9.17) is 0 Å². The molecule has 15 heteroatoms. The fraction of sp³-hybridized carbons (Fsp3) is 0.409. The first kappa shape index (κ1) is 27.1. The summed E-state index contributed by atoms with van der Waals surface area (Å²) in [5.74, 6) is -3.42. The number of amides is 5. The molecule has 5 amide bonds. The van der Waals surface area contributed by atoms with Gasteiger partial charge in [-0.3, -0.25) is 15.1 Å². The van der Waals surface area contributed by atoms with Crippen LogP contribution in [-0.4, -0.2) is 91.8 Å². The van der Waals surface area contributed by atoms with Gasteiger partial charge in [-0.25, -0.2) is 19.2 Å². The molecule has 1 aromatic rings. The predicted octanol–water partition coefficient (Wildman–Crippen LogP) is -2.86. The zero-order chi connectivity index (χ0) is 26.8. The number of ether oxygens (including phenoxy) is 1. The number of nitrogens with zero attached hydrogens (tertiary/aromatic N) is 2. The fourth-order valence-corrected chi connectivity index (χ4v) is 3.78. The summed E-state index contributed by atoms with van der Waals surface area (Å²) in [6.45, 7) is 0.821. The van der Waals surface area contributed by atoms with Gasteiger partial charge in [0.15, 0.2) is 12.5 Å². The van der Waals surface area contributed by atoms with E-state index in [9.17, 15) is 33.9 Å². The molecule has 1 aromatic carbocycles. The van der Waals surface area contributed by atoms with Gasteiger partial charge in [-0.2, -0.15) is 4.48 Å². The highest BCUT2D eigenvalue weighted by Crippen LogP contribution is 2.15. The van der Waals surface area contributed by atoms with Gasteiger partial charge >= 0.3 is 24.0 Å². The van der Waals surface area contributed by atoms with E-state index >= 15 is 0 Å². The number of aliphatic carboxylic acids is 1. The Labute approximate surface area is 211 Å². The van der Waals surface area contributed by atoms with Crippen LogP contribution < -0.4 is 31.7 Å². The number of alkyl carbamates (subject to hydrolysis) is 1. The molecule has 2 unspecified atom stereocenters. The van der Waals surface area contributed by atoms with Gasteiger partial charge in [0.05, 0.1) is 18.7 Å². The Balaban J connectivity index is 1.59. The zero-order valence-corrected chi connectivity index (χ0v) is 19.8. The van der Waals surface area contributed by atoms with Crippen LogP contribution in [0, 0.1) is 0 Å². The largest absolute Gasteiger partial charge is 0.550 e. The van der Waals surface area contributed by atoms with E-state index in [2.05, 4.69) is 36.3 Å². The minimum Gasteiger partial charge on any atom is -0.550 e. The van der Waals surface area contributed by atoms with Gasteiger partial charge in [0.1, 0.15) is 12.7 Å². The predicted molar refractivity (Wildman–Crippen MR) is 123 cm³/mol. The molecule has 0 bridgehead atoms. The van der Waals surface area contributed by atoms with Crippen LogP contribution in [0.25, 0.3) is 0 Å². The standard InChI is InChI=1S/C22H27N7O8/c30-16(13-29(17(31)12-26-21(29)35)10-4-7-23-20-24-8-9-25-20)27-15(11-18(32)33)28-22(36)37-19(34)14-5-2-1-3-6-14/h1-3,5-6,15H,4,7-13H2,(H5-,23,24,25,26,27,28,30,32,33,35,36). The molecule has 1 saturated heterocycles. The number of guanidine groups is 1. The third-order valence-electron chi connectivity index (χ3n) is 5.55. The maximum absolute atomic E-state index is 12.8. The lowest BCUT2D eigenvalue weighted by molar-refractivity contribution is -0.759. The topological polar surface area (TPSA) is 207 Å². The molecular formula is C22H27N7O8. The summed E-state index contributed by atoms with van der Waals surface area (Å²) < 4.78 is 3.80. The van der Waals surface area contributed by atoms with Crippen LogP contribution in [0.3, 0.4) is 0 Å². The van der Waals surface area contributed by atoms with Crippen LogP contribution in [0.2, 0.25) is 0 Å². The summed E-state index contributed by atoms with van der Waals surface area (Å²) >= 11 is 0. The Morgan fingerprint density at radius 1 is 1.11 bits per heavy atom. The summed E-state index contributed by atoms with van der Waals surface area (Å²) in [5.41, 5.74) is 0.0772. The highest BCUT2D eigenvalue weighted by atomic mass is 16.6. The Kier molecular flexibility index (Phi) is 9.10. The van der Waals surface area contributed by atoms with Crippen molar-refractivity contribution >= 4 is 41.8 Å². The minimum absolute atomic E-state index is 0.00936. The molecular weight excluding hydrogens is 490 g/mol. The molecule has 5 N–H and O–H groups in total. The molecule has 37 heavy (non-hydrogen) atoms. The van der Waals surface area contributed by atoms with E-state index in [1.807, 2.05) is 0 Å². The number of urea groups is 1. The van der Waals surface area contributed by atoms with Crippen molar-refractivity contribution in [1.29, 1.82) is 0 Å². The third kappa shape index (κ3) is 7.47. The lowest BCUT2D eigenvalue weighted by Gasteiger charge is -2.28. The number of imide groups is 1. The Hall–Kier alpha value is -4.53. The van der Waals surface area contributed by atoms with Gasteiger partial charge in [-0.15, -0.1) is 0 Å². The van der Waals surface area contributed by atoms with E-state index in [0.717, 1.165) is 0 Å². The lowest BCUT2D eigenvalue weighted by Crippen LogP contribution is -2.61. The number of carboxylic acid groups (broad SMARTS) is 1. The van der Waals surface area contributed by atoms with Crippen molar-refractivity contribution < 1.29 is 43.1 Å². The van der Waals surface area contributed by atoms with Gasteiger partial charge in [0.25, 0.3) is 5.91 Å². The smallest absolute Gasteiger partial charge is 0.425 e. The molecule has 2 aliphatic rings. The summed E-state index contributed by atoms with van der Waals surface area (Å²) in [6, 6.07) is 6.90. The first-order valence-electron chi connectivity index (χ1n) is 11.5. The highest BCUT2D eigenvalue weighted by Gasteiger charge is 2.51. The first-order chi connectivity index (χ1) is 17.7. The van der Waals surface area contributed by atoms with E-state index in [1.165, 1.54) is 12.1 Å². The molecule has 198 valence electrons. The Bertz CT molecular complexity index is 1080. The summed E-state index contributed by atoms with van der Waals surface area (Å²) in [7, 11) is 0. The number of hydrogen-bond acceptors (Lipinski definition) is 11. The quantitative estimate of drug-likeness (QED) is 0.0506. The van der Waals surface area contributed by atoms with Gasteiger partial charge < -0.3 is 35.9 Å². The van der Waals surface area contributed by atoms with E-state index in [1.54, 1.807) is 18.2 Å². The van der Waals surface area contributed by atoms with Crippen LogP contribution in [0.15, 0.2) is 35.3 Å². The van der Waals surface area contributed by atoms with Gasteiger partial charge in [0.2, 0.25) is 0 Å². The first-order valence-corrected chi connectivity index (χ1v) is 11.5. The van der Waals surface area contributed by atoms with Gasteiger partial charge in [-0.05, 0) is 12.1 Å². The normalized spacial score (nSPS) is 19.2. The zero-order valence-electron chi connectivity index (χ0n) is 19.8. The number of quaternary nitrogens is 1. The van der Waals surface area contributed by atoms with Crippen molar-refractivity contribution in [3.63, 3.8) is 0 Å². The van der Waals surface area contributed by atoms with Crippen LogP contribution in [0.1, 0.15) is 23.2 Å². The molecule has 0 spiro atoms. The molecule has 2 aliphatic heterocycles. The minimum atomic E-state index is -1.62. The molecule has 0 saturated carbocycles. The number of benzene rings is 1. The number of carboxylic acids is 1. The molecule has 1 fully saturated rings. The molecule has 2 heterocycles. The van der Waals surface area contributed by atoms with Crippen LogP contribution in [0.5, 0.6) is 0 Å². The van der Waals surface area contributed by atoms with Crippen molar-refractivity contribution in [3.8, 4) is 0 Å². The average Bonchev–Trinajstić information content (AvgIpc) is 3.46. The second-order valence-electron chi connectivity index (χ2n) is 8.22. The maximum Gasteiger partial charge on any atom is 0.425 e. The van der Waals surface area contributed by atoms with Crippen LogP contribution in [0.4, 0.5) is 9.59 Å². The van der Waals surface area contributed by atoms with Crippen molar-refractivity contribution in [2.24, 2.45) is 4.99 Å². The average molecular weight is 517 g/mol. The number of nitrogens with one attached hydrogen (secondary N) is 5. The number of carbonyl (C=O) groups is 6. The number of rotatable bonds is 11. The van der Waals surface area contributed by atoms with Crippen molar-refractivity contribution in [2.75, 3.05) is 39.3 Å². The molecule has 0 aliphatic carbocycles. The Morgan fingerprint density at radius 3 is 2.49 bits per heavy atom. The number of aliphatic imine (C=N–C) groups is 1. The highest BCUT2D eigenvalue weighted by molar-refractivity contribution is 5.97. The molecule has 2 atom stereocenters.